The molecule has 0 saturated carbocycles. The van der Waals surface area contributed by atoms with Crippen molar-refractivity contribution in [2.75, 3.05) is 19.6 Å². The first-order valence-corrected chi connectivity index (χ1v) is 8.33. The van der Waals surface area contributed by atoms with Gasteiger partial charge in [0.1, 0.15) is 0 Å². The lowest BCUT2D eigenvalue weighted by molar-refractivity contribution is 0.202. The molecule has 1 aliphatic heterocycles. The van der Waals surface area contributed by atoms with Crippen LogP contribution in [-0.2, 0) is 0 Å². The van der Waals surface area contributed by atoms with E-state index in [2.05, 4.69) is 42.3 Å². The van der Waals surface area contributed by atoms with E-state index in [9.17, 15) is 0 Å². The summed E-state index contributed by atoms with van der Waals surface area (Å²) in [6.45, 7) is 5.68. The van der Waals surface area contributed by atoms with Crippen molar-refractivity contribution in [3.05, 3.63) is 21.5 Å². The van der Waals surface area contributed by atoms with E-state index in [-0.39, 0.29) is 0 Å². The summed E-state index contributed by atoms with van der Waals surface area (Å²) >= 11 is 8.92. The van der Waals surface area contributed by atoms with Crippen molar-refractivity contribution < 1.29 is 0 Å². The summed E-state index contributed by atoms with van der Waals surface area (Å²) in [5.41, 5.74) is 1.94. The molecule has 4 nitrogen and oxygen atoms in total. The number of pyridine rings is 1. The van der Waals surface area contributed by atoms with Gasteiger partial charge in [0.15, 0.2) is 10.4 Å². The highest BCUT2D eigenvalue weighted by Gasteiger charge is 2.17. The van der Waals surface area contributed by atoms with Gasteiger partial charge < -0.3 is 9.88 Å². The fourth-order valence-corrected chi connectivity index (χ4v) is 3.70. The number of nitrogens with one attached hydrogen (secondary N) is 1. The second kappa shape index (κ2) is 5.95. The van der Waals surface area contributed by atoms with Crippen LogP contribution in [0.3, 0.4) is 0 Å². The summed E-state index contributed by atoms with van der Waals surface area (Å²) < 4.78 is 3.87. The van der Waals surface area contributed by atoms with Crippen molar-refractivity contribution in [1.29, 1.82) is 0 Å². The molecule has 0 aromatic carbocycles. The number of imidazole rings is 1. The second-order valence-corrected chi connectivity index (χ2v) is 6.84. The fourth-order valence-electron chi connectivity index (χ4n) is 2.99. The van der Waals surface area contributed by atoms with Crippen molar-refractivity contribution in [2.45, 2.75) is 32.2 Å². The molecule has 1 atom stereocenters. The number of hydrogen-bond acceptors (Lipinski definition) is 3. The van der Waals surface area contributed by atoms with E-state index in [0.717, 1.165) is 27.0 Å². The summed E-state index contributed by atoms with van der Waals surface area (Å²) in [7, 11) is 0. The molecule has 1 unspecified atom stereocenters. The minimum atomic E-state index is 0.336. The van der Waals surface area contributed by atoms with Crippen LogP contribution in [0, 0.1) is 4.77 Å². The summed E-state index contributed by atoms with van der Waals surface area (Å²) in [6, 6.07) is 2.37. The van der Waals surface area contributed by atoms with Crippen molar-refractivity contribution in [3.8, 4) is 0 Å². The van der Waals surface area contributed by atoms with Gasteiger partial charge >= 0.3 is 0 Å². The lowest BCUT2D eigenvalue weighted by atomic mass is 10.1. The Morgan fingerprint density at radius 2 is 2.15 bits per heavy atom. The molecule has 3 rings (SSSR count). The molecule has 3 heterocycles. The maximum absolute atomic E-state index is 5.47. The van der Waals surface area contributed by atoms with E-state index in [1.165, 1.54) is 32.4 Å². The van der Waals surface area contributed by atoms with Gasteiger partial charge in [0.05, 0.1) is 5.52 Å². The Labute approximate surface area is 132 Å². The van der Waals surface area contributed by atoms with E-state index >= 15 is 0 Å². The van der Waals surface area contributed by atoms with Crippen molar-refractivity contribution in [1.82, 2.24) is 19.4 Å². The van der Waals surface area contributed by atoms with Crippen LogP contribution < -0.4 is 0 Å². The highest BCUT2D eigenvalue weighted by molar-refractivity contribution is 9.10. The van der Waals surface area contributed by atoms with Crippen LogP contribution in [0.5, 0.6) is 0 Å². The Morgan fingerprint density at radius 1 is 1.40 bits per heavy atom. The normalized spacial score (nSPS) is 18.5. The molecule has 108 valence electrons. The van der Waals surface area contributed by atoms with Crippen LogP contribution in [0.2, 0.25) is 0 Å². The predicted octanol–water partition coefficient (Wildman–Crippen LogP) is 3.90. The standard InChI is InChI=1S/C14H19BrN4S/c1-10(9-18-5-3-2-4-6-18)19-13-12(17-14(19)20)7-11(15)8-16-13/h7-8,10H,2-6,9H2,1H3,(H,17,20). The lowest BCUT2D eigenvalue weighted by Crippen LogP contribution is -2.34. The molecule has 2 aromatic rings. The average Bonchev–Trinajstić information content (AvgIpc) is 2.74. The van der Waals surface area contributed by atoms with Gasteiger partial charge in [0, 0.05) is 23.3 Å². The number of aromatic amines is 1. The number of piperidine rings is 1. The quantitative estimate of drug-likeness (QED) is 0.849. The zero-order chi connectivity index (χ0) is 14.1. The Morgan fingerprint density at radius 3 is 2.90 bits per heavy atom. The Kier molecular flexibility index (Phi) is 4.23. The number of rotatable bonds is 3. The minimum absolute atomic E-state index is 0.336. The van der Waals surface area contributed by atoms with E-state index in [1.54, 1.807) is 0 Å². The smallest absolute Gasteiger partial charge is 0.179 e. The largest absolute Gasteiger partial charge is 0.329 e. The molecule has 20 heavy (non-hydrogen) atoms. The molecule has 1 aliphatic rings. The highest BCUT2D eigenvalue weighted by Crippen LogP contribution is 2.22. The number of likely N-dealkylation sites (tertiary alicyclic amines) is 1. The summed E-state index contributed by atoms with van der Waals surface area (Å²) in [5, 5.41) is 0. The lowest BCUT2D eigenvalue weighted by Gasteiger charge is -2.29. The van der Waals surface area contributed by atoms with E-state index < -0.39 is 0 Å². The van der Waals surface area contributed by atoms with Gasteiger partial charge in [-0.2, -0.15) is 0 Å². The van der Waals surface area contributed by atoms with Gasteiger partial charge in [-0.05, 0) is 67.1 Å². The Bertz CT molecular complexity index is 657. The molecule has 6 heteroatoms. The van der Waals surface area contributed by atoms with Crippen LogP contribution in [-0.4, -0.2) is 39.1 Å². The van der Waals surface area contributed by atoms with Gasteiger partial charge in [0.25, 0.3) is 0 Å². The van der Waals surface area contributed by atoms with Gasteiger partial charge in [-0.25, -0.2) is 4.98 Å². The monoisotopic (exact) mass is 354 g/mol. The fraction of sp³-hybridized carbons (Fsp3) is 0.571. The van der Waals surface area contributed by atoms with E-state index in [4.69, 9.17) is 12.2 Å². The Hall–Kier alpha value is -0.720. The van der Waals surface area contributed by atoms with Crippen LogP contribution in [0.1, 0.15) is 32.2 Å². The second-order valence-electron chi connectivity index (χ2n) is 5.54. The molecular formula is C14H19BrN4S. The molecular weight excluding hydrogens is 336 g/mol. The average molecular weight is 355 g/mol. The number of fused-ring (bicyclic) bond motifs is 1. The minimum Gasteiger partial charge on any atom is -0.329 e. The molecule has 0 spiro atoms. The molecule has 2 aromatic heterocycles. The van der Waals surface area contributed by atoms with Crippen molar-refractivity contribution >= 4 is 39.3 Å². The number of nitrogens with zero attached hydrogens (tertiary/aromatic N) is 3. The topological polar surface area (TPSA) is 36.9 Å². The SMILES string of the molecule is CC(CN1CCCCC1)n1c(=S)[nH]c2cc(Br)cnc21. The van der Waals surface area contributed by atoms with Gasteiger partial charge in [-0.3, -0.25) is 4.57 Å². The third-order valence-corrected chi connectivity index (χ3v) is 4.67. The maximum Gasteiger partial charge on any atom is 0.179 e. The summed E-state index contributed by atoms with van der Waals surface area (Å²) in [6.07, 6.45) is 5.83. The zero-order valence-electron chi connectivity index (χ0n) is 11.6. The molecule has 1 saturated heterocycles. The number of halogens is 1. The molecule has 1 fully saturated rings. The first kappa shape index (κ1) is 14.2. The zero-order valence-corrected chi connectivity index (χ0v) is 14.0. The molecule has 0 amide bonds. The summed E-state index contributed by atoms with van der Waals surface area (Å²) in [5.74, 6) is 0. The van der Waals surface area contributed by atoms with Crippen molar-refractivity contribution in [2.24, 2.45) is 0 Å². The van der Waals surface area contributed by atoms with Crippen molar-refractivity contribution in [3.63, 3.8) is 0 Å². The van der Waals surface area contributed by atoms with Crippen LogP contribution >= 0.6 is 28.1 Å². The maximum atomic E-state index is 5.47. The Balaban J connectivity index is 1.88. The number of aromatic nitrogens is 3. The first-order chi connectivity index (χ1) is 9.65. The van der Waals surface area contributed by atoms with Crippen LogP contribution in [0.15, 0.2) is 16.7 Å². The third kappa shape index (κ3) is 2.82. The molecule has 0 aliphatic carbocycles. The molecule has 0 radical (unpaired) electrons. The van der Waals surface area contributed by atoms with Gasteiger partial charge in [-0.15, -0.1) is 0 Å². The van der Waals surface area contributed by atoms with Gasteiger partial charge in [-0.1, -0.05) is 6.42 Å². The number of H-pyrrole nitrogens is 1. The number of hydrogen-bond donors (Lipinski definition) is 1. The summed E-state index contributed by atoms with van der Waals surface area (Å²) in [4.78, 5) is 10.3. The highest BCUT2D eigenvalue weighted by atomic mass is 79.9. The van der Waals surface area contributed by atoms with E-state index in [0.29, 0.717) is 6.04 Å². The van der Waals surface area contributed by atoms with E-state index in [1.807, 2.05) is 12.3 Å². The van der Waals surface area contributed by atoms with Gasteiger partial charge in [0.2, 0.25) is 0 Å². The third-order valence-electron chi connectivity index (χ3n) is 3.93. The molecule has 0 bridgehead atoms. The predicted molar refractivity (Wildman–Crippen MR) is 87.6 cm³/mol. The van der Waals surface area contributed by atoms with Crippen LogP contribution in [0.4, 0.5) is 0 Å². The molecule has 1 N–H and O–H groups in total. The van der Waals surface area contributed by atoms with Crippen LogP contribution in [0.25, 0.3) is 11.2 Å². The first-order valence-electron chi connectivity index (χ1n) is 7.13.